The van der Waals surface area contributed by atoms with Crippen LogP contribution in [0, 0.1) is 13.8 Å². The van der Waals surface area contributed by atoms with Crippen LogP contribution in [0.3, 0.4) is 0 Å². The van der Waals surface area contributed by atoms with Crippen molar-refractivity contribution in [2.75, 3.05) is 26.2 Å². The van der Waals surface area contributed by atoms with Gasteiger partial charge in [0.1, 0.15) is 5.69 Å². The van der Waals surface area contributed by atoms with Crippen LogP contribution < -0.4 is 0 Å². The van der Waals surface area contributed by atoms with Crippen LogP contribution in [0.2, 0.25) is 0 Å². The van der Waals surface area contributed by atoms with E-state index in [0.29, 0.717) is 18.8 Å². The van der Waals surface area contributed by atoms with Gasteiger partial charge >= 0.3 is 0 Å². The Morgan fingerprint density at radius 2 is 2.11 bits per heavy atom. The number of carbonyl (C=O) groups is 1. The molecule has 1 amide bonds. The Morgan fingerprint density at radius 3 is 2.89 bits per heavy atom. The van der Waals surface area contributed by atoms with Crippen LogP contribution in [0.15, 0.2) is 36.8 Å². The predicted molar refractivity (Wildman–Crippen MR) is 102 cm³/mol. The number of piperidine rings is 1. The zero-order valence-corrected chi connectivity index (χ0v) is 16.0. The van der Waals surface area contributed by atoms with Crippen LogP contribution >= 0.6 is 0 Å². The summed E-state index contributed by atoms with van der Waals surface area (Å²) in [6.45, 7) is 8.20. The SMILES string of the molecule is Cc1ccc(CN2CC[C@@H]3OCCN(C(=O)c4cnccn4)[C@@H]3C2)cc1C. The Hall–Kier alpha value is -2.31. The first-order valence-corrected chi connectivity index (χ1v) is 9.59. The molecule has 2 aromatic rings. The molecule has 0 unspecified atom stereocenters. The van der Waals surface area contributed by atoms with Gasteiger partial charge in [-0.1, -0.05) is 18.2 Å². The lowest BCUT2D eigenvalue weighted by Gasteiger charge is -2.47. The molecule has 2 saturated heterocycles. The molecule has 6 nitrogen and oxygen atoms in total. The van der Waals surface area contributed by atoms with Crippen molar-refractivity contribution in [1.29, 1.82) is 0 Å². The van der Waals surface area contributed by atoms with Gasteiger partial charge in [-0.15, -0.1) is 0 Å². The quantitative estimate of drug-likeness (QED) is 0.834. The largest absolute Gasteiger partial charge is 0.374 e. The number of fused-ring (bicyclic) bond motifs is 1. The molecule has 2 fully saturated rings. The number of ether oxygens (including phenoxy) is 1. The van der Waals surface area contributed by atoms with Gasteiger partial charge in [0.25, 0.3) is 5.91 Å². The number of amides is 1. The Labute approximate surface area is 160 Å². The van der Waals surface area contributed by atoms with Crippen LogP contribution in [0.5, 0.6) is 0 Å². The van der Waals surface area contributed by atoms with Crippen molar-refractivity contribution < 1.29 is 9.53 Å². The van der Waals surface area contributed by atoms with E-state index in [-0.39, 0.29) is 18.1 Å². The van der Waals surface area contributed by atoms with Gasteiger partial charge in [0.05, 0.1) is 24.9 Å². The van der Waals surface area contributed by atoms with Crippen LogP contribution in [-0.4, -0.2) is 64.1 Å². The Balaban J connectivity index is 1.48. The van der Waals surface area contributed by atoms with E-state index in [2.05, 4.69) is 46.9 Å². The van der Waals surface area contributed by atoms with Gasteiger partial charge < -0.3 is 9.64 Å². The molecule has 0 radical (unpaired) electrons. The molecule has 2 atom stereocenters. The van der Waals surface area contributed by atoms with Crippen molar-refractivity contribution in [2.45, 2.75) is 39.0 Å². The summed E-state index contributed by atoms with van der Waals surface area (Å²) in [7, 11) is 0. The number of morpholine rings is 1. The van der Waals surface area contributed by atoms with E-state index < -0.39 is 0 Å². The summed E-state index contributed by atoms with van der Waals surface area (Å²) in [5.74, 6) is -0.0468. The molecule has 0 bridgehead atoms. The van der Waals surface area contributed by atoms with E-state index in [1.807, 2.05) is 4.90 Å². The summed E-state index contributed by atoms with van der Waals surface area (Å²) < 4.78 is 5.97. The van der Waals surface area contributed by atoms with Crippen molar-refractivity contribution in [3.8, 4) is 0 Å². The Kier molecular flexibility index (Phi) is 5.18. The highest BCUT2D eigenvalue weighted by Crippen LogP contribution is 2.25. The normalized spacial score (nSPS) is 23.1. The number of likely N-dealkylation sites (tertiary alicyclic amines) is 1. The third kappa shape index (κ3) is 3.87. The smallest absolute Gasteiger partial charge is 0.274 e. The highest BCUT2D eigenvalue weighted by atomic mass is 16.5. The van der Waals surface area contributed by atoms with Crippen molar-refractivity contribution in [3.63, 3.8) is 0 Å². The topological polar surface area (TPSA) is 58.6 Å². The molecule has 2 aliphatic rings. The molecular weight excluding hydrogens is 340 g/mol. The van der Waals surface area contributed by atoms with Gasteiger partial charge in [0.15, 0.2) is 0 Å². The lowest BCUT2D eigenvalue weighted by atomic mass is 9.97. The third-order valence-corrected chi connectivity index (χ3v) is 5.69. The highest BCUT2D eigenvalue weighted by Gasteiger charge is 2.39. The van der Waals surface area contributed by atoms with Gasteiger partial charge in [-0.3, -0.25) is 14.7 Å². The van der Waals surface area contributed by atoms with E-state index in [9.17, 15) is 4.79 Å². The number of aromatic nitrogens is 2. The third-order valence-electron chi connectivity index (χ3n) is 5.69. The number of nitrogens with zero attached hydrogens (tertiary/aromatic N) is 4. The predicted octanol–water partition coefficient (Wildman–Crippen LogP) is 2.21. The molecule has 4 rings (SSSR count). The molecular formula is C21H26N4O2. The van der Waals surface area contributed by atoms with Gasteiger partial charge in [0.2, 0.25) is 0 Å². The van der Waals surface area contributed by atoms with Crippen molar-refractivity contribution >= 4 is 5.91 Å². The molecule has 0 N–H and O–H groups in total. The number of benzene rings is 1. The number of hydrogen-bond donors (Lipinski definition) is 0. The maximum absolute atomic E-state index is 13.0. The van der Waals surface area contributed by atoms with Crippen LogP contribution in [0.4, 0.5) is 0 Å². The molecule has 0 spiro atoms. The molecule has 0 saturated carbocycles. The van der Waals surface area contributed by atoms with Crippen LogP contribution in [0.1, 0.15) is 33.6 Å². The lowest BCUT2D eigenvalue weighted by Crippen LogP contribution is -2.61. The monoisotopic (exact) mass is 366 g/mol. The lowest BCUT2D eigenvalue weighted by molar-refractivity contribution is -0.0915. The second-order valence-electron chi connectivity index (χ2n) is 7.51. The van der Waals surface area contributed by atoms with Crippen molar-refractivity contribution in [3.05, 3.63) is 59.2 Å². The summed E-state index contributed by atoms with van der Waals surface area (Å²) in [6, 6.07) is 6.72. The molecule has 1 aromatic heterocycles. The number of carbonyl (C=O) groups excluding carboxylic acids is 1. The zero-order valence-electron chi connectivity index (χ0n) is 16.0. The first-order chi connectivity index (χ1) is 13.1. The summed E-state index contributed by atoms with van der Waals surface area (Å²) in [5.41, 5.74) is 4.37. The van der Waals surface area contributed by atoms with Crippen molar-refractivity contribution in [1.82, 2.24) is 19.8 Å². The van der Waals surface area contributed by atoms with Gasteiger partial charge in [-0.05, 0) is 37.0 Å². The molecule has 142 valence electrons. The minimum absolute atomic E-state index is 0.0468. The Morgan fingerprint density at radius 1 is 1.22 bits per heavy atom. The van der Waals surface area contributed by atoms with Crippen molar-refractivity contribution in [2.24, 2.45) is 0 Å². The average Bonchev–Trinajstić information content (AvgIpc) is 2.70. The summed E-state index contributed by atoms with van der Waals surface area (Å²) in [6.07, 6.45) is 5.75. The van der Waals surface area contributed by atoms with E-state index in [0.717, 1.165) is 26.1 Å². The van der Waals surface area contributed by atoms with E-state index in [1.165, 1.54) is 16.7 Å². The fraction of sp³-hybridized carbons (Fsp3) is 0.476. The second kappa shape index (κ2) is 7.74. The van der Waals surface area contributed by atoms with Gasteiger partial charge in [0, 0.05) is 38.6 Å². The average molecular weight is 366 g/mol. The molecule has 2 aliphatic heterocycles. The number of hydrogen-bond acceptors (Lipinski definition) is 5. The molecule has 0 aliphatic carbocycles. The summed E-state index contributed by atoms with van der Waals surface area (Å²) in [4.78, 5) is 25.5. The maximum Gasteiger partial charge on any atom is 0.274 e. The van der Waals surface area contributed by atoms with E-state index in [1.54, 1.807) is 18.6 Å². The minimum Gasteiger partial charge on any atom is -0.374 e. The fourth-order valence-corrected chi connectivity index (χ4v) is 4.05. The number of aryl methyl sites for hydroxylation is 2. The minimum atomic E-state index is -0.0468. The Bertz CT molecular complexity index is 811. The molecule has 27 heavy (non-hydrogen) atoms. The van der Waals surface area contributed by atoms with E-state index >= 15 is 0 Å². The van der Waals surface area contributed by atoms with Crippen LogP contribution in [-0.2, 0) is 11.3 Å². The maximum atomic E-state index is 13.0. The molecule has 3 heterocycles. The zero-order chi connectivity index (χ0) is 18.8. The summed E-state index contributed by atoms with van der Waals surface area (Å²) in [5, 5.41) is 0. The molecule has 1 aromatic carbocycles. The van der Waals surface area contributed by atoms with Gasteiger partial charge in [-0.2, -0.15) is 0 Å². The fourth-order valence-electron chi connectivity index (χ4n) is 4.05. The summed E-state index contributed by atoms with van der Waals surface area (Å²) >= 11 is 0. The second-order valence-corrected chi connectivity index (χ2v) is 7.51. The first-order valence-electron chi connectivity index (χ1n) is 9.59. The highest BCUT2D eigenvalue weighted by molar-refractivity contribution is 5.92. The standard InChI is InChI=1S/C21H26N4O2/c1-15-3-4-17(11-16(15)2)13-24-8-5-20-19(14-24)25(9-10-27-20)21(26)18-12-22-6-7-23-18/h3-4,6-7,11-12,19-20H,5,8-10,13-14H2,1-2H3/t19-,20+/m1/s1. The van der Waals surface area contributed by atoms with Crippen LogP contribution in [0.25, 0.3) is 0 Å². The number of rotatable bonds is 3. The van der Waals surface area contributed by atoms with Gasteiger partial charge in [-0.25, -0.2) is 4.98 Å². The first kappa shape index (κ1) is 18.1. The molecule has 6 heteroatoms. The van der Waals surface area contributed by atoms with E-state index in [4.69, 9.17) is 4.74 Å².